The lowest BCUT2D eigenvalue weighted by molar-refractivity contribution is 0.580. The maximum atomic E-state index is 3.49. The highest BCUT2D eigenvalue weighted by Gasteiger charge is 2.14. The minimum atomic E-state index is 0.937. The van der Waals surface area contributed by atoms with Crippen LogP contribution in [-0.4, -0.2) is 6.54 Å². The molecule has 1 aromatic heterocycles. The van der Waals surface area contributed by atoms with Crippen LogP contribution in [0.5, 0.6) is 0 Å². The van der Waals surface area contributed by atoms with Crippen LogP contribution < -0.4 is 5.32 Å². The number of rotatable bonds is 3. The lowest BCUT2D eigenvalue weighted by Crippen LogP contribution is -2.09. The maximum Gasteiger partial charge on any atom is 0.0882 e. The summed E-state index contributed by atoms with van der Waals surface area (Å²) in [7, 11) is 0. The molecule has 1 saturated carbocycles. The van der Waals surface area contributed by atoms with Crippen molar-refractivity contribution in [3.8, 4) is 0 Å². The van der Waals surface area contributed by atoms with E-state index in [2.05, 4.69) is 22.8 Å². The summed E-state index contributed by atoms with van der Waals surface area (Å²) >= 11 is 1.80. The first-order chi connectivity index (χ1) is 5.95. The molecular formula is C10H15NS. The van der Waals surface area contributed by atoms with E-state index in [-0.39, 0.29) is 0 Å². The molecule has 0 unspecified atom stereocenters. The lowest BCUT2D eigenvalue weighted by atomic mass is 10.1. The van der Waals surface area contributed by atoms with E-state index in [0.29, 0.717) is 0 Å². The Morgan fingerprint density at radius 1 is 1.42 bits per heavy atom. The standard InChI is InChI=1S/C10H15NS/c1-2-5-9(4-1)8-11-10-6-3-7-12-10/h3,6-7,9,11H,1-2,4-5,8H2. The Bertz CT molecular complexity index is 212. The van der Waals surface area contributed by atoms with Gasteiger partial charge >= 0.3 is 0 Å². The van der Waals surface area contributed by atoms with Gasteiger partial charge in [-0.25, -0.2) is 0 Å². The van der Waals surface area contributed by atoms with Gasteiger partial charge in [-0.05, 0) is 36.3 Å². The first-order valence-corrected chi connectivity index (χ1v) is 5.60. The highest BCUT2D eigenvalue weighted by atomic mass is 32.1. The van der Waals surface area contributed by atoms with Crippen molar-refractivity contribution in [2.75, 3.05) is 11.9 Å². The van der Waals surface area contributed by atoms with Crippen LogP contribution in [-0.2, 0) is 0 Å². The van der Waals surface area contributed by atoms with E-state index in [1.165, 1.54) is 37.2 Å². The van der Waals surface area contributed by atoms with Gasteiger partial charge in [0.1, 0.15) is 0 Å². The third-order valence-electron chi connectivity index (χ3n) is 2.56. The summed E-state index contributed by atoms with van der Waals surface area (Å²) in [6.07, 6.45) is 5.74. The van der Waals surface area contributed by atoms with Gasteiger partial charge in [-0.2, -0.15) is 0 Å². The summed E-state index contributed by atoms with van der Waals surface area (Å²) in [4.78, 5) is 0. The summed E-state index contributed by atoms with van der Waals surface area (Å²) in [5, 5.41) is 6.93. The monoisotopic (exact) mass is 181 g/mol. The number of anilines is 1. The van der Waals surface area contributed by atoms with Gasteiger partial charge in [-0.1, -0.05) is 12.8 Å². The van der Waals surface area contributed by atoms with Crippen LogP contribution in [0.3, 0.4) is 0 Å². The lowest BCUT2D eigenvalue weighted by Gasteiger charge is -2.09. The maximum absolute atomic E-state index is 3.49. The zero-order chi connectivity index (χ0) is 8.23. The van der Waals surface area contributed by atoms with E-state index in [1.54, 1.807) is 11.3 Å². The molecule has 1 aliphatic carbocycles. The smallest absolute Gasteiger partial charge is 0.0882 e. The topological polar surface area (TPSA) is 12.0 Å². The summed E-state index contributed by atoms with van der Waals surface area (Å²) in [6.45, 7) is 1.18. The second-order valence-electron chi connectivity index (χ2n) is 3.51. The fourth-order valence-corrected chi connectivity index (χ4v) is 2.47. The predicted molar refractivity (Wildman–Crippen MR) is 54.8 cm³/mol. The van der Waals surface area contributed by atoms with Gasteiger partial charge in [0.05, 0.1) is 5.00 Å². The van der Waals surface area contributed by atoms with Gasteiger partial charge in [0.25, 0.3) is 0 Å². The molecule has 1 N–H and O–H groups in total. The van der Waals surface area contributed by atoms with Crippen LogP contribution in [0.1, 0.15) is 25.7 Å². The molecule has 2 heteroatoms. The molecule has 66 valence electrons. The first-order valence-electron chi connectivity index (χ1n) is 4.72. The van der Waals surface area contributed by atoms with Crippen LogP contribution in [0.25, 0.3) is 0 Å². The predicted octanol–water partition coefficient (Wildman–Crippen LogP) is 3.35. The highest BCUT2D eigenvalue weighted by Crippen LogP contribution is 2.25. The molecule has 1 aromatic rings. The summed E-state index contributed by atoms with van der Waals surface area (Å²) in [6, 6.07) is 4.25. The summed E-state index contributed by atoms with van der Waals surface area (Å²) in [5.41, 5.74) is 0. The molecule has 0 aromatic carbocycles. The van der Waals surface area contributed by atoms with Crippen molar-refractivity contribution >= 4 is 16.3 Å². The highest BCUT2D eigenvalue weighted by molar-refractivity contribution is 7.14. The second-order valence-corrected chi connectivity index (χ2v) is 4.46. The van der Waals surface area contributed by atoms with Gasteiger partial charge in [0.2, 0.25) is 0 Å². The van der Waals surface area contributed by atoms with E-state index in [0.717, 1.165) is 5.92 Å². The van der Waals surface area contributed by atoms with E-state index in [9.17, 15) is 0 Å². The SMILES string of the molecule is c1csc(NCC2CCCC2)c1. The minimum Gasteiger partial charge on any atom is -0.377 e. The Balaban J connectivity index is 1.74. The fraction of sp³-hybridized carbons (Fsp3) is 0.600. The van der Waals surface area contributed by atoms with Gasteiger partial charge in [-0.15, -0.1) is 11.3 Å². The zero-order valence-corrected chi connectivity index (χ0v) is 8.07. The summed E-state index contributed by atoms with van der Waals surface area (Å²) in [5.74, 6) is 0.937. The molecule has 1 fully saturated rings. The molecule has 0 saturated heterocycles. The summed E-state index contributed by atoms with van der Waals surface area (Å²) < 4.78 is 0. The van der Waals surface area contributed by atoms with E-state index < -0.39 is 0 Å². The quantitative estimate of drug-likeness (QED) is 0.754. The molecule has 1 heterocycles. The molecule has 0 spiro atoms. The molecule has 12 heavy (non-hydrogen) atoms. The molecule has 1 aliphatic rings. The number of hydrogen-bond donors (Lipinski definition) is 1. The largest absolute Gasteiger partial charge is 0.377 e. The second kappa shape index (κ2) is 3.94. The van der Waals surface area contributed by atoms with Crippen LogP contribution in [0.15, 0.2) is 17.5 Å². The average molecular weight is 181 g/mol. The Labute approximate surface area is 77.8 Å². The van der Waals surface area contributed by atoms with E-state index in [1.807, 2.05) is 0 Å². The van der Waals surface area contributed by atoms with Crippen LogP contribution >= 0.6 is 11.3 Å². The van der Waals surface area contributed by atoms with Crippen molar-refractivity contribution in [3.05, 3.63) is 17.5 Å². The molecule has 0 bridgehead atoms. The van der Waals surface area contributed by atoms with Crippen LogP contribution in [0, 0.1) is 5.92 Å². The normalized spacial score (nSPS) is 18.3. The van der Waals surface area contributed by atoms with Crippen molar-refractivity contribution in [1.29, 1.82) is 0 Å². The van der Waals surface area contributed by atoms with Crippen LogP contribution in [0.2, 0.25) is 0 Å². The third-order valence-corrected chi connectivity index (χ3v) is 3.39. The Kier molecular flexibility index (Phi) is 2.67. The molecule has 2 rings (SSSR count). The number of thiophene rings is 1. The van der Waals surface area contributed by atoms with Crippen molar-refractivity contribution < 1.29 is 0 Å². The average Bonchev–Trinajstić information content (AvgIpc) is 2.74. The van der Waals surface area contributed by atoms with E-state index in [4.69, 9.17) is 0 Å². The van der Waals surface area contributed by atoms with E-state index >= 15 is 0 Å². The fourth-order valence-electron chi connectivity index (χ4n) is 1.84. The molecule has 0 radical (unpaired) electrons. The van der Waals surface area contributed by atoms with Crippen molar-refractivity contribution in [2.24, 2.45) is 5.92 Å². The van der Waals surface area contributed by atoms with Gasteiger partial charge < -0.3 is 5.32 Å². The minimum absolute atomic E-state index is 0.937. The first kappa shape index (κ1) is 8.11. The Morgan fingerprint density at radius 2 is 2.25 bits per heavy atom. The van der Waals surface area contributed by atoms with Gasteiger partial charge in [0, 0.05) is 6.54 Å². The molecule has 1 nitrogen and oxygen atoms in total. The van der Waals surface area contributed by atoms with Crippen LogP contribution in [0.4, 0.5) is 5.00 Å². The number of hydrogen-bond acceptors (Lipinski definition) is 2. The zero-order valence-electron chi connectivity index (χ0n) is 7.25. The molecule has 0 aliphatic heterocycles. The molecule has 0 atom stereocenters. The molecular weight excluding hydrogens is 166 g/mol. The third kappa shape index (κ3) is 2.01. The number of nitrogens with one attached hydrogen (secondary N) is 1. The Hall–Kier alpha value is -0.500. The van der Waals surface area contributed by atoms with Gasteiger partial charge in [-0.3, -0.25) is 0 Å². The van der Waals surface area contributed by atoms with Crippen molar-refractivity contribution in [3.63, 3.8) is 0 Å². The molecule has 0 amide bonds. The Morgan fingerprint density at radius 3 is 2.92 bits per heavy atom. The van der Waals surface area contributed by atoms with Gasteiger partial charge in [0.15, 0.2) is 0 Å². The van der Waals surface area contributed by atoms with Crippen molar-refractivity contribution in [1.82, 2.24) is 0 Å². The van der Waals surface area contributed by atoms with Crippen molar-refractivity contribution in [2.45, 2.75) is 25.7 Å².